The second-order valence-electron chi connectivity index (χ2n) is 2.73. The maximum atomic E-state index is 11.1. The van der Waals surface area contributed by atoms with E-state index in [1.54, 1.807) is 24.3 Å². The molecular weight excluding hydrogens is 239 g/mol. The molecule has 0 aliphatic carbocycles. The van der Waals surface area contributed by atoms with E-state index >= 15 is 0 Å². The molecule has 0 N–H and O–H groups in total. The van der Waals surface area contributed by atoms with Gasteiger partial charge in [-0.15, -0.1) is 6.58 Å². The van der Waals surface area contributed by atoms with E-state index in [1.165, 1.54) is 6.08 Å². The van der Waals surface area contributed by atoms with Crippen LogP contribution in [0.4, 0.5) is 0 Å². The molecule has 4 nitrogen and oxygen atoms in total. The Hall–Kier alpha value is -0.170. The summed E-state index contributed by atoms with van der Waals surface area (Å²) in [6, 6.07) is 8.98. The molecule has 0 aromatic heterocycles. The average Bonchev–Trinajstić information content (AvgIpc) is 2.25. The van der Waals surface area contributed by atoms with Crippen LogP contribution in [0.1, 0.15) is 5.56 Å². The van der Waals surface area contributed by atoms with Crippen LogP contribution < -0.4 is 0 Å². The Morgan fingerprint density at radius 1 is 1.19 bits per heavy atom. The molecule has 1 rings (SSSR count). The summed E-state index contributed by atoms with van der Waals surface area (Å²) in [7, 11) is -3.91. The zero-order valence-corrected chi connectivity index (χ0v) is 8.94. The predicted octanol–water partition coefficient (Wildman–Crippen LogP) is 1.00. The Bertz CT molecular complexity index is 402. The van der Waals surface area contributed by atoms with Gasteiger partial charge in [-0.2, -0.15) is 8.42 Å². The molecule has 0 aliphatic rings. The number of hydrogen-bond acceptors (Lipinski definition) is 4. The van der Waals surface area contributed by atoms with E-state index in [4.69, 9.17) is 0 Å². The van der Waals surface area contributed by atoms with E-state index in [1.807, 2.05) is 6.07 Å². The summed E-state index contributed by atoms with van der Waals surface area (Å²) >= 11 is 0. The van der Waals surface area contributed by atoms with Crippen LogP contribution in [-0.4, -0.2) is 44.6 Å². The van der Waals surface area contributed by atoms with Gasteiger partial charge in [0.15, 0.2) is 0 Å². The molecule has 0 atom stereocenters. The summed E-state index contributed by atoms with van der Waals surface area (Å²) in [4.78, 5) is 0. The van der Waals surface area contributed by atoms with Gasteiger partial charge in [-0.3, -0.25) is 0 Å². The van der Waals surface area contributed by atoms with Gasteiger partial charge in [0.1, 0.15) is 0 Å². The van der Waals surface area contributed by atoms with E-state index in [0.29, 0.717) is 0 Å². The average molecular weight is 252 g/mol. The van der Waals surface area contributed by atoms with Crippen LogP contribution in [0.15, 0.2) is 43.0 Å². The fraction of sp³-hybridized carbons (Fsp3) is 0.200. The molecule has 0 aliphatic heterocycles. The fourth-order valence-corrected chi connectivity index (χ4v) is 1.49. The van der Waals surface area contributed by atoms with Crippen LogP contribution in [-0.2, 0) is 25.4 Å². The van der Waals surface area contributed by atoms with Crippen LogP contribution in [0.25, 0.3) is 0 Å². The van der Waals surface area contributed by atoms with Crippen molar-refractivity contribution in [2.75, 3.05) is 6.61 Å². The molecule has 16 heavy (non-hydrogen) atoms. The zero-order chi connectivity index (χ0) is 11.1. The topological polar surface area (TPSA) is 52.6 Å². The molecular formula is C10H13NaO4S. The summed E-state index contributed by atoms with van der Waals surface area (Å²) in [5.41, 5.74) is 0.767. The first-order valence-electron chi connectivity index (χ1n) is 4.32. The molecule has 0 unspecified atom stereocenters. The normalized spacial score (nSPS) is 10.5. The number of benzene rings is 1. The molecule has 84 valence electrons. The Morgan fingerprint density at radius 2 is 1.81 bits per heavy atom. The van der Waals surface area contributed by atoms with Crippen LogP contribution in [0.3, 0.4) is 0 Å². The van der Waals surface area contributed by atoms with Crippen LogP contribution >= 0.6 is 0 Å². The van der Waals surface area contributed by atoms with E-state index in [-0.39, 0.29) is 42.8 Å². The third-order valence-corrected chi connectivity index (χ3v) is 2.37. The molecule has 1 aromatic rings. The summed E-state index contributed by atoms with van der Waals surface area (Å²) < 4.78 is 31.2. The molecule has 0 heterocycles. The Kier molecular flexibility index (Phi) is 7.91. The number of hydrogen-bond donors (Lipinski definition) is 0. The second-order valence-corrected chi connectivity index (χ2v) is 4.02. The van der Waals surface area contributed by atoms with Gasteiger partial charge in [-0.25, -0.2) is 8.37 Å². The Labute approximate surface area is 118 Å². The summed E-state index contributed by atoms with van der Waals surface area (Å²) in [6.07, 6.45) is 1.34. The molecule has 0 amide bonds. The SMILES string of the molecule is C=CCOS(=O)(=O)OCc1ccccc1.[NaH]. The molecule has 1 aromatic carbocycles. The summed E-state index contributed by atoms with van der Waals surface area (Å²) in [6.45, 7) is 3.22. The van der Waals surface area contributed by atoms with Gasteiger partial charge < -0.3 is 0 Å². The first kappa shape index (κ1) is 15.8. The van der Waals surface area contributed by atoms with Crippen molar-refractivity contribution in [2.24, 2.45) is 0 Å². The third kappa shape index (κ3) is 6.42. The van der Waals surface area contributed by atoms with Crippen LogP contribution in [0.5, 0.6) is 0 Å². The van der Waals surface area contributed by atoms with Gasteiger partial charge in [0, 0.05) is 0 Å². The summed E-state index contributed by atoms with van der Waals surface area (Å²) in [5, 5.41) is 0. The molecule has 6 heteroatoms. The minimum absolute atomic E-state index is 0. The van der Waals surface area contributed by atoms with Crippen LogP contribution in [0, 0.1) is 0 Å². The monoisotopic (exact) mass is 252 g/mol. The van der Waals surface area contributed by atoms with Gasteiger partial charge in [-0.1, -0.05) is 36.4 Å². The van der Waals surface area contributed by atoms with Gasteiger partial charge in [0.2, 0.25) is 0 Å². The van der Waals surface area contributed by atoms with Crippen molar-refractivity contribution in [1.29, 1.82) is 0 Å². The van der Waals surface area contributed by atoms with Crippen molar-refractivity contribution in [3.8, 4) is 0 Å². The standard InChI is InChI=1S/C10H12O4S.Na.H/c1-2-8-13-15(11,12)14-9-10-6-4-3-5-7-10;;/h2-7H,1,8-9H2;;. The molecule has 0 fully saturated rings. The Morgan fingerprint density at radius 3 is 2.38 bits per heavy atom. The molecule has 0 saturated carbocycles. The maximum absolute atomic E-state index is 11.1. The summed E-state index contributed by atoms with van der Waals surface area (Å²) in [5.74, 6) is 0. The van der Waals surface area contributed by atoms with E-state index in [2.05, 4.69) is 14.9 Å². The van der Waals surface area contributed by atoms with Crippen molar-refractivity contribution in [3.63, 3.8) is 0 Å². The first-order chi connectivity index (χ1) is 7.14. The van der Waals surface area contributed by atoms with Gasteiger partial charge in [0.25, 0.3) is 0 Å². The van der Waals surface area contributed by atoms with Crippen molar-refractivity contribution in [3.05, 3.63) is 48.6 Å². The van der Waals surface area contributed by atoms with Gasteiger partial charge in [0.05, 0.1) is 13.2 Å². The molecule has 0 radical (unpaired) electrons. The van der Waals surface area contributed by atoms with Crippen molar-refractivity contribution >= 4 is 40.0 Å². The zero-order valence-electron chi connectivity index (χ0n) is 8.13. The van der Waals surface area contributed by atoms with E-state index < -0.39 is 10.4 Å². The molecule has 0 saturated heterocycles. The first-order valence-corrected chi connectivity index (χ1v) is 5.66. The molecule has 0 bridgehead atoms. The Balaban J connectivity index is 0.00000225. The fourth-order valence-electron chi connectivity index (χ4n) is 0.880. The van der Waals surface area contributed by atoms with E-state index in [9.17, 15) is 8.42 Å². The van der Waals surface area contributed by atoms with Crippen LogP contribution in [0.2, 0.25) is 0 Å². The minimum atomic E-state index is -3.91. The molecule has 0 spiro atoms. The number of rotatable bonds is 6. The predicted molar refractivity (Wildman–Crippen MR) is 63.4 cm³/mol. The third-order valence-electron chi connectivity index (χ3n) is 1.54. The van der Waals surface area contributed by atoms with Crippen molar-refractivity contribution in [1.82, 2.24) is 0 Å². The quantitative estimate of drug-likeness (QED) is 0.560. The van der Waals surface area contributed by atoms with E-state index in [0.717, 1.165) is 5.56 Å². The van der Waals surface area contributed by atoms with Gasteiger partial charge >= 0.3 is 40.0 Å². The van der Waals surface area contributed by atoms with Gasteiger partial charge in [-0.05, 0) is 5.56 Å². The second kappa shape index (κ2) is 8.00. The van der Waals surface area contributed by atoms with Crippen molar-refractivity contribution < 1.29 is 16.8 Å². The van der Waals surface area contributed by atoms with Crippen molar-refractivity contribution in [2.45, 2.75) is 6.61 Å².